The van der Waals surface area contributed by atoms with Crippen molar-refractivity contribution in [3.05, 3.63) is 75.9 Å². The van der Waals surface area contributed by atoms with Gasteiger partial charge in [0.05, 0.1) is 0 Å². The maximum atomic E-state index is 2.68. The highest BCUT2D eigenvalue weighted by molar-refractivity contribution is 14.1. The lowest BCUT2D eigenvalue weighted by Gasteiger charge is -2.29. The summed E-state index contributed by atoms with van der Waals surface area (Å²) in [6.07, 6.45) is 7.87. The van der Waals surface area contributed by atoms with Crippen LogP contribution in [0.4, 0.5) is 0 Å². The Hall–Kier alpha value is -1.09. The predicted octanol–water partition coefficient (Wildman–Crippen LogP) is 6.83. The second kappa shape index (κ2) is 7.03. The van der Waals surface area contributed by atoms with E-state index in [9.17, 15) is 0 Å². The van der Waals surface area contributed by atoms with E-state index in [-0.39, 0.29) is 3.42 Å². The van der Waals surface area contributed by atoms with Crippen molar-refractivity contribution in [1.82, 2.24) is 0 Å². The summed E-state index contributed by atoms with van der Waals surface area (Å²) in [5, 5.41) is 0. The fourth-order valence-corrected chi connectivity index (χ4v) is 5.16. The number of hydrogen-bond donors (Lipinski definition) is 0. The molecule has 3 rings (SSSR count). The van der Waals surface area contributed by atoms with E-state index in [0.717, 1.165) is 19.3 Å². The lowest BCUT2D eigenvalue weighted by atomic mass is 9.84. The van der Waals surface area contributed by atoms with E-state index in [0.29, 0.717) is 5.92 Å². The highest BCUT2D eigenvalue weighted by atomic mass is 127. The molecule has 2 aromatic rings. The van der Waals surface area contributed by atoms with Gasteiger partial charge in [-0.3, -0.25) is 0 Å². The summed E-state index contributed by atoms with van der Waals surface area (Å²) in [6, 6.07) is 13.9. The van der Waals surface area contributed by atoms with Gasteiger partial charge < -0.3 is 0 Å². The van der Waals surface area contributed by atoms with Crippen LogP contribution < -0.4 is 0 Å². The van der Waals surface area contributed by atoms with E-state index in [4.69, 9.17) is 0 Å². The molecular formula is C23H27I. The summed E-state index contributed by atoms with van der Waals surface area (Å²) in [6.45, 7) is 9.21. The minimum absolute atomic E-state index is 0.123. The van der Waals surface area contributed by atoms with Gasteiger partial charge in [-0.2, -0.15) is 0 Å². The summed E-state index contributed by atoms with van der Waals surface area (Å²) >= 11 is 2.68. The van der Waals surface area contributed by atoms with E-state index in [1.165, 1.54) is 27.8 Å². The fourth-order valence-electron chi connectivity index (χ4n) is 4.03. The number of aryl methyl sites for hydroxylation is 2. The molecule has 1 heteroatoms. The third-order valence-electron chi connectivity index (χ3n) is 5.26. The van der Waals surface area contributed by atoms with Gasteiger partial charge in [0, 0.05) is 3.42 Å². The van der Waals surface area contributed by atoms with Gasteiger partial charge in [0.25, 0.3) is 0 Å². The molecule has 0 amide bonds. The first-order valence-corrected chi connectivity index (χ1v) is 10.1. The minimum atomic E-state index is 0.123. The first kappa shape index (κ1) is 17.7. The molecule has 0 fully saturated rings. The Kier molecular flexibility index (Phi) is 5.19. The molecule has 0 spiro atoms. The number of fused-ring (bicyclic) bond motifs is 1. The number of halogens is 1. The molecule has 0 aromatic heterocycles. The Labute approximate surface area is 160 Å². The largest absolute Gasteiger partial charge is 0.0767 e. The van der Waals surface area contributed by atoms with Gasteiger partial charge in [0.2, 0.25) is 0 Å². The average Bonchev–Trinajstić information content (AvgIpc) is 2.94. The Morgan fingerprint density at radius 1 is 1.04 bits per heavy atom. The van der Waals surface area contributed by atoms with E-state index in [1.807, 2.05) is 0 Å². The molecule has 24 heavy (non-hydrogen) atoms. The summed E-state index contributed by atoms with van der Waals surface area (Å²) in [5.74, 6) is 0.563. The third-order valence-corrected chi connectivity index (χ3v) is 6.18. The van der Waals surface area contributed by atoms with Crippen LogP contribution in [0, 0.1) is 0 Å². The Balaban J connectivity index is 1.96. The van der Waals surface area contributed by atoms with Crippen LogP contribution in [0.5, 0.6) is 0 Å². The van der Waals surface area contributed by atoms with Crippen molar-refractivity contribution in [2.45, 2.75) is 56.3 Å². The Bertz CT molecular complexity index is 745. The van der Waals surface area contributed by atoms with E-state index in [1.54, 1.807) is 5.56 Å². The van der Waals surface area contributed by atoms with Crippen LogP contribution in [0.25, 0.3) is 6.08 Å². The van der Waals surface area contributed by atoms with Crippen LogP contribution in [0.3, 0.4) is 0 Å². The van der Waals surface area contributed by atoms with Crippen molar-refractivity contribution < 1.29 is 0 Å². The Morgan fingerprint density at radius 2 is 1.71 bits per heavy atom. The molecule has 1 aliphatic carbocycles. The lowest BCUT2D eigenvalue weighted by Crippen LogP contribution is -2.21. The third kappa shape index (κ3) is 3.33. The van der Waals surface area contributed by atoms with Crippen molar-refractivity contribution in [3.8, 4) is 0 Å². The van der Waals surface area contributed by atoms with Crippen LogP contribution in [-0.2, 0) is 22.7 Å². The average molecular weight is 430 g/mol. The summed E-state index contributed by atoms with van der Waals surface area (Å²) in [4.78, 5) is 0. The van der Waals surface area contributed by atoms with Crippen LogP contribution in [0.1, 0.15) is 67.0 Å². The Morgan fingerprint density at radius 3 is 2.33 bits per heavy atom. The van der Waals surface area contributed by atoms with E-state index in [2.05, 4.69) is 98.8 Å². The molecule has 1 unspecified atom stereocenters. The summed E-state index contributed by atoms with van der Waals surface area (Å²) < 4.78 is 0.123. The van der Waals surface area contributed by atoms with Crippen molar-refractivity contribution in [2.24, 2.45) is 0 Å². The fraction of sp³-hybridized carbons (Fsp3) is 0.391. The number of allylic oxidation sites excluding steroid dienone is 1. The van der Waals surface area contributed by atoms with Gasteiger partial charge in [-0.05, 0) is 65.5 Å². The number of rotatable bonds is 5. The molecule has 0 saturated carbocycles. The molecule has 0 radical (unpaired) electrons. The van der Waals surface area contributed by atoms with Gasteiger partial charge in [0.1, 0.15) is 0 Å². The number of alkyl halides is 1. The van der Waals surface area contributed by atoms with Crippen molar-refractivity contribution in [1.29, 1.82) is 0 Å². The van der Waals surface area contributed by atoms with Crippen molar-refractivity contribution in [3.63, 3.8) is 0 Å². The second-order valence-corrected chi connectivity index (χ2v) is 9.52. The van der Waals surface area contributed by atoms with Gasteiger partial charge in [0.15, 0.2) is 0 Å². The molecular weight excluding hydrogens is 403 g/mol. The zero-order valence-corrected chi connectivity index (χ0v) is 17.4. The van der Waals surface area contributed by atoms with Crippen LogP contribution in [0.15, 0.2) is 42.5 Å². The van der Waals surface area contributed by atoms with Crippen LogP contribution in [0.2, 0.25) is 0 Å². The van der Waals surface area contributed by atoms with Crippen molar-refractivity contribution >= 4 is 28.7 Å². The van der Waals surface area contributed by atoms with Gasteiger partial charge in [-0.1, -0.05) is 91.9 Å². The lowest BCUT2D eigenvalue weighted by molar-refractivity contribution is 0.703. The first-order chi connectivity index (χ1) is 11.5. The van der Waals surface area contributed by atoms with Gasteiger partial charge >= 0.3 is 0 Å². The van der Waals surface area contributed by atoms with Crippen LogP contribution in [-0.4, -0.2) is 0 Å². The molecule has 2 aromatic carbocycles. The highest BCUT2D eigenvalue weighted by Crippen LogP contribution is 2.40. The summed E-state index contributed by atoms with van der Waals surface area (Å²) in [7, 11) is 0. The smallest absolute Gasteiger partial charge is 0.0487 e. The molecule has 0 nitrogen and oxygen atoms in total. The molecule has 126 valence electrons. The first-order valence-electron chi connectivity index (χ1n) is 9.07. The zero-order chi connectivity index (χ0) is 17.3. The second-order valence-electron chi connectivity index (χ2n) is 7.14. The number of benzene rings is 2. The topological polar surface area (TPSA) is 0 Å². The summed E-state index contributed by atoms with van der Waals surface area (Å²) in [5.41, 5.74) is 8.88. The predicted molar refractivity (Wildman–Crippen MR) is 114 cm³/mol. The van der Waals surface area contributed by atoms with E-state index < -0.39 is 0 Å². The van der Waals surface area contributed by atoms with Gasteiger partial charge in [-0.25, -0.2) is 0 Å². The molecule has 0 aliphatic heterocycles. The van der Waals surface area contributed by atoms with Crippen LogP contribution >= 0.6 is 22.6 Å². The number of hydrogen-bond acceptors (Lipinski definition) is 0. The quantitative estimate of drug-likeness (QED) is 0.360. The molecule has 0 N–H and O–H groups in total. The standard InChI is InChI=1S/C23H27I/c1-5-18-8-7-9-19(6-2)22(18)23(4,24)15-17-11-13-21-16(3)10-12-20(21)14-17/h7-14,16H,5-6,15H2,1-4H3/t16?,23-/m1/s1. The maximum absolute atomic E-state index is 2.68. The molecule has 0 saturated heterocycles. The minimum Gasteiger partial charge on any atom is -0.0767 e. The maximum Gasteiger partial charge on any atom is 0.0487 e. The van der Waals surface area contributed by atoms with E-state index >= 15 is 0 Å². The normalized spacial score (nSPS) is 18.5. The van der Waals surface area contributed by atoms with Crippen molar-refractivity contribution in [2.75, 3.05) is 0 Å². The highest BCUT2D eigenvalue weighted by Gasteiger charge is 2.28. The zero-order valence-electron chi connectivity index (χ0n) is 15.2. The molecule has 1 aliphatic rings. The monoisotopic (exact) mass is 430 g/mol. The SMILES string of the molecule is CCc1cccc(CC)c1[C@](C)(I)Cc1ccc2c(c1)C=CC2C. The molecule has 2 atom stereocenters. The van der Waals surface area contributed by atoms with Gasteiger partial charge in [-0.15, -0.1) is 0 Å². The molecule has 0 heterocycles. The molecule has 0 bridgehead atoms.